The van der Waals surface area contributed by atoms with Crippen LogP contribution in [0.3, 0.4) is 0 Å². The number of amides is 1. The van der Waals surface area contributed by atoms with E-state index in [4.69, 9.17) is 0 Å². The quantitative estimate of drug-likeness (QED) is 0.0326. The van der Waals surface area contributed by atoms with Crippen molar-refractivity contribution in [1.29, 1.82) is 0 Å². The number of carbonyl (C=O) groups is 1. The van der Waals surface area contributed by atoms with Crippen LogP contribution in [0.1, 0.15) is 168 Å². The predicted molar refractivity (Wildman–Crippen MR) is 190 cm³/mol. The van der Waals surface area contributed by atoms with E-state index < -0.39 is 40.0 Å². The summed E-state index contributed by atoms with van der Waals surface area (Å²) < 4.78 is 32.3. The summed E-state index contributed by atoms with van der Waals surface area (Å²) >= 11 is 0. The van der Waals surface area contributed by atoms with E-state index in [1.807, 2.05) is 0 Å². The molecule has 0 aliphatic rings. The SMILES string of the molecule is CCCCCCCCC/C=C\CCCCCCC(O)C(=O)NC(CS(=O)(=O)O)C(O)/C=C/CC/C=C/CCCCCCCCC. The van der Waals surface area contributed by atoms with Gasteiger partial charge < -0.3 is 15.5 Å². The number of hydrogen-bond donors (Lipinski definition) is 4. The van der Waals surface area contributed by atoms with Crippen molar-refractivity contribution < 1.29 is 28.0 Å². The van der Waals surface area contributed by atoms with Crippen molar-refractivity contribution in [3.8, 4) is 0 Å². The molecule has 0 saturated heterocycles. The Morgan fingerprint density at radius 3 is 1.47 bits per heavy atom. The van der Waals surface area contributed by atoms with Gasteiger partial charge in [0, 0.05) is 0 Å². The number of nitrogens with one attached hydrogen (secondary N) is 1. The van der Waals surface area contributed by atoms with Crippen LogP contribution in [0.5, 0.6) is 0 Å². The Hall–Kier alpha value is -1.48. The van der Waals surface area contributed by atoms with Crippen molar-refractivity contribution in [3.63, 3.8) is 0 Å². The van der Waals surface area contributed by atoms with Crippen LogP contribution in [0.2, 0.25) is 0 Å². The first-order valence-electron chi connectivity index (χ1n) is 18.3. The van der Waals surface area contributed by atoms with E-state index >= 15 is 0 Å². The molecule has 0 radical (unpaired) electrons. The molecule has 0 aliphatic heterocycles. The second kappa shape index (κ2) is 31.1. The lowest BCUT2D eigenvalue weighted by molar-refractivity contribution is -0.130. The Labute approximate surface area is 277 Å². The van der Waals surface area contributed by atoms with E-state index in [0.29, 0.717) is 12.8 Å². The number of allylic oxidation sites excluding steroid dienone is 5. The molecule has 0 fully saturated rings. The molecule has 0 aromatic heterocycles. The first-order valence-corrected chi connectivity index (χ1v) is 19.9. The average molecular weight is 656 g/mol. The van der Waals surface area contributed by atoms with E-state index in [9.17, 15) is 28.0 Å². The van der Waals surface area contributed by atoms with E-state index in [-0.39, 0.29) is 6.42 Å². The zero-order chi connectivity index (χ0) is 33.4. The van der Waals surface area contributed by atoms with Crippen LogP contribution in [0.4, 0.5) is 0 Å². The highest BCUT2D eigenvalue weighted by molar-refractivity contribution is 7.85. The van der Waals surface area contributed by atoms with Crippen molar-refractivity contribution in [2.45, 2.75) is 186 Å². The summed E-state index contributed by atoms with van der Waals surface area (Å²) in [5.74, 6) is -1.57. The lowest BCUT2D eigenvalue weighted by Gasteiger charge is -2.22. The van der Waals surface area contributed by atoms with Crippen molar-refractivity contribution in [1.82, 2.24) is 5.32 Å². The molecule has 3 unspecified atom stereocenters. The van der Waals surface area contributed by atoms with Crippen LogP contribution >= 0.6 is 0 Å². The van der Waals surface area contributed by atoms with Gasteiger partial charge in [-0.3, -0.25) is 9.35 Å². The molecule has 0 bridgehead atoms. The normalized spacial score (nSPS) is 14.5. The van der Waals surface area contributed by atoms with Gasteiger partial charge in [-0.05, 0) is 57.8 Å². The van der Waals surface area contributed by atoms with Gasteiger partial charge >= 0.3 is 0 Å². The molecular weight excluding hydrogens is 586 g/mol. The van der Waals surface area contributed by atoms with Crippen LogP contribution in [0.15, 0.2) is 36.5 Å². The fraction of sp³-hybridized carbons (Fsp3) is 0.811. The summed E-state index contributed by atoms with van der Waals surface area (Å²) in [4.78, 5) is 12.5. The molecule has 0 heterocycles. The molecule has 264 valence electrons. The van der Waals surface area contributed by atoms with Crippen molar-refractivity contribution in [3.05, 3.63) is 36.5 Å². The average Bonchev–Trinajstić information content (AvgIpc) is 3.00. The van der Waals surface area contributed by atoms with Gasteiger partial charge in [-0.25, -0.2) is 0 Å². The van der Waals surface area contributed by atoms with Crippen LogP contribution < -0.4 is 5.32 Å². The largest absolute Gasteiger partial charge is 0.387 e. The van der Waals surface area contributed by atoms with Gasteiger partial charge in [-0.2, -0.15) is 8.42 Å². The first kappa shape index (κ1) is 43.5. The minimum absolute atomic E-state index is 0.260. The monoisotopic (exact) mass is 655 g/mol. The Morgan fingerprint density at radius 2 is 1.00 bits per heavy atom. The third-order valence-corrected chi connectivity index (χ3v) is 8.93. The Kier molecular flexibility index (Phi) is 30.1. The second-order valence-corrected chi connectivity index (χ2v) is 14.1. The minimum Gasteiger partial charge on any atom is -0.387 e. The van der Waals surface area contributed by atoms with Gasteiger partial charge in [-0.1, -0.05) is 147 Å². The topological polar surface area (TPSA) is 124 Å². The molecule has 1 amide bonds. The van der Waals surface area contributed by atoms with E-state index in [1.165, 1.54) is 96.0 Å². The molecule has 45 heavy (non-hydrogen) atoms. The van der Waals surface area contributed by atoms with Gasteiger partial charge in [0.15, 0.2) is 0 Å². The highest BCUT2D eigenvalue weighted by Gasteiger charge is 2.27. The molecule has 8 heteroatoms. The van der Waals surface area contributed by atoms with E-state index in [1.54, 1.807) is 6.08 Å². The zero-order valence-corrected chi connectivity index (χ0v) is 29.7. The van der Waals surface area contributed by atoms with Crippen molar-refractivity contribution >= 4 is 16.0 Å². The van der Waals surface area contributed by atoms with Gasteiger partial charge in [0.05, 0.1) is 17.9 Å². The smallest absolute Gasteiger partial charge is 0.267 e. The van der Waals surface area contributed by atoms with Crippen LogP contribution in [0, 0.1) is 0 Å². The molecule has 7 nitrogen and oxygen atoms in total. The van der Waals surface area contributed by atoms with Crippen molar-refractivity contribution in [2.24, 2.45) is 0 Å². The standard InChI is InChI=1S/C37H69NO6S/c1-3-5-7-9-11-13-15-17-18-20-22-24-26-28-30-32-36(40)37(41)38-34(33-45(42,43)44)35(39)31-29-27-25-23-21-19-16-14-12-10-8-6-4-2/h18,20-21,23,29,31,34-36,39-40H,3-17,19,22,24-28,30,32-33H2,1-2H3,(H,38,41)(H,42,43,44)/b20-18-,23-21+,31-29+. The van der Waals surface area contributed by atoms with Crippen molar-refractivity contribution in [2.75, 3.05) is 5.75 Å². The first-order chi connectivity index (χ1) is 21.7. The summed E-state index contributed by atoms with van der Waals surface area (Å²) in [6.07, 6.45) is 36.3. The molecule has 0 spiro atoms. The maximum atomic E-state index is 12.5. The van der Waals surface area contributed by atoms with Gasteiger partial charge in [0.1, 0.15) is 6.10 Å². The predicted octanol–water partition coefficient (Wildman–Crippen LogP) is 9.15. The Balaban J connectivity index is 4.19. The number of carbonyl (C=O) groups excluding carboxylic acids is 1. The minimum atomic E-state index is -4.45. The van der Waals surface area contributed by atoms with Crippen LogP contribution in [0.25, 0.3) is 0 Å². The third kappa shape index (κ3) is 30.9. The highest BCUT2D eigenvalue weighted by Crippen LogP contribution is 2.12. The number of rotatable bonds is 32. The summed E-state index contributed by atoms with van der Waals surface area (Å²) in [5.41, 5.74) is 0. The lowest BCUT2D eigenvalue weighted by Crippen LogP contribution is -2.50. The van der Waals surface area contributed by atoms with E-state index in [0.717, 1.165) is 44.9 Å². The summed E-state index contributed by atoms with van der Waals surface area (Å²) in [6.45, 7) is 4.47. The lowest BCUT2D eigenvalue weighted by atomic mass is 10.1. The zero-order valence-electron chi connectivity index (χ0n) is 28.8. The maximum absolute atomic E-state index is 12.5. The van der Waals surface area contributed by atoms with Gasteiger partial charge in [0.2, 0.25) is 5.91 Å². The molecule has 0 saturated carbocycles. The second-order valence-electron chi connectivity index (χ2n) is 12.6. The third-order valence-electron chi connectivity index (χ3n) is 8.15. The number of aliphatic hydroxyl groups is 2. The Morgan fingerprint density at radius 1 is 0.600 bits per heavy atom. The number of aliphatic hydroxyl groups excluding tert-OH is 2. The number of unbranched alkanes of at least 4 members (excludes halogenated alkanes) is 19. The molecule has 0 rings (SSSR count). The van der Waals surface area contributed by atoms with Gasteiger partial charge in [0.25, 0.3) is 10.1 Å². The van der Waals surface area contributed by atoms with Crippen LogP contribution in [-0.2, 0) is 14.9 Å². The molecule has 4 N–H and O–H groups in total. The van der Waals surface area contributed by atoms with Gasteiger partial charge in [-0.15, -0.1) is 0 Å². The van der Waals surface area contributed by atoms with Crippen LogP contribution in [-0.4, -0.2) is 53.1 Å². The molecule has 0 aromatic carbocycles. The number of hydrogen-bond acceptors (Lipinski definition) is 5. The molecule has 0 aliphatic carbocycles. The summed E-state index contributed by atoms with van der Waals surface area (Å²) in [7, 11) is -4.45. The highest BCUT2D eigenvalue weighted by atomic mass is 32.2. The fourth-order valence-electron chi connectivity index (χ4n) is 5.29. The summed E-state index contributed by atoms with van der Waals surface area (Å²) in [6, 6.07) is -1.25. The molecule has 3 atom stereocenters. The van der Waals surface area contributed by atoms with E-state index in [2.05, 4.69) is 43.5 Å². The molecule has 0 aromatic rings. The fourth-order valence-corrected chi connectivity index (χ4v) is 6.02. The summed E-state index contributed by atoms with van der Waals surface area (Å²) in [5, 5.41) is 23.2. The Bertz CT molecular complexity index is 870. The maximum Gasteiger partial charge on any atom is 0.267 e. The molecular formula is C37H69NO6S.